The molecule has 0 spiro atoms. The highest BCUT2D eigenvalue weighted by molar-refractivity contribution is 6.18. The van der Waals surface area contributed by atoms with Gasteiger partial charge in [0.2, 0.25) is 0 Å². The number of amides is 1. The average Bonchev–Trinajstić information content (AvgIpc) is 2.90. The molecule has 1 amide bonds. The van der Waals surface area contributed by atoms with E-state index >= 15 is 0 Å². The molecule has 0 saturated heterocycles. The molecule has 1 aromatic heterocycles. The van der Waals surface area contributed by atoms with Crippen molar-refractivity contribution in [3.63, 3.8) is 0 Å². The van der Waals surface area contributed by atoms with Gasteiger partial charge in [0.05, 0.1) is 0 Å². The Kier molecular flexibility index (Phi) is 15.4. The van der Waals surface area contributed by atoms with Gasteiger partial charge in [-0.05, 0) is 60.0 Å². The predicted octanol–water partition coefficient (Wildman–Crippen LogP) is 6.60. The first-order chi connectivity index (χ1) is 16.9. The Bertz CT molecular complexity index is 1060. The summed E-state index contributed by atoms with van der Waals surface area (Å²) in [6, 6.07) is 10.3. The number of aromatic nitrogens is 1. The molecular formula is C27H30ClF3N2O2. The van der Waals surface area contributed by atoms with Crippen LogP contribution in [-0.4, -0.2) is 30.1 Å². The van der Waals surface area contributed by atoms with E-state index in [0.29, 0.717) is 23.2 Å². The maximum Gasteiger partial charge on any atom is 0.269 e. The van der Waals surface area contributed by atoms with Crippen molar-refractivity contribution < 1.29 is 22.8 Å². The van der Waals surface area contributed by atoms with Crippen LogP contribution in [0.2, 0.25) is 0 Å². The minimum atomic E-state index is -0.723. The summed E-state index contributed by atoms with van der Waals surface area (Å²) in [5, 5.41) is 2.63. The number of carbonyl (C=O) groups is 2. The Hall–Kier alpha value is -3.45. The molecule has 0 bridgehead atoms. The third kappa shape index (κ3) is 9.02. The second-order valence-corrected chi connectivity index (χ2v) is 6.90. The van der Waals surface area contributed by atoms with Gasteiger partial charge in [0.25, 0.3) is 5.91 Å². The van der Waals surface area contributed by atoms with E-state index in [1.165, 1.54) is 30.5 Å². The third-order valence-electron chi connectivity index (χ3n) is 4.55. The fourth-order valence-corrected chi connectivity index (χ4v) is 3.26. The first kappa shape index (κ1) is 31.6. The van der Waals surface area contributed by atoms with E-state index in [9.17, 15) is 18.0 Å². The molecule has 2 aromatic carbocycles. The van der Waals surface area contributed by atoms with Gasteiger partial charge in [0.15, 0.2) is 0 Å². The standard InChI is InChI=1S/C22H18ClF3N2O.C2H6.C2H4.CH2O/c1-13-10-20(22(29)27-9-8-23)28-12-18(13)21(14-2-4-15(24)5-3-14)17-11-16(25)6-7-19(17)26;3*1-2/h2-7,10-12,21H,8-9H2,1H3,(H,27,29);1-2H3;1-2H2;1H2. The number of pyridine rings is 1. The SMILES string of the molecule is C=C.C=O.CC.Cc1cc(C(=O)NCCCl)ncc1C(c1ccc(F)cc1)c1cc(F)ccc1F. The van der Waals surface area contributed by atoms with Gasteiger partial charge in [-0.1, -0.05) is 26.0 Å². The van der Waals surface area contributed by atoms with Gasteiger partial charge in [-0.15, -0.1) is 24.8 Å². The van der Waals surface area contributed by atoms with Crippen molar-refractivity contribution in [2.75, 3.05) is 12.4 Å². The van der Waals surface area contributed by atoms with Gasteiger partial charge in [-0.25, -0.2) is 13.2 Å². The minimum absolute atomic E-state index is 0.0980. The lowest BCUT2D eigenvalue weighted by molar-refractivity contribution is -0.0980. The van der Waals surface area contributed by atoms with Crippen molar-refractivity contribution in [2.24, 2.45) is 0 Å². The van der Waals surface area contributed by atoms with Crippen LogP contribution < -0.4 is 5.32 Å². The number of hydrogen-bond acceptors (Lipinski definition) is 3. The number of benzene rings is 2. The summed E-state index contributed by atoms with van der Waals surface area (Å²) in [5.41, 5.74) is 2.10. The molecule has 0 aliphatic heterocycles. The molecule has 0 aliphatic rings. The van der Waals surface area contributed by atoms with Gasteiger partial charge in [0, 0.05) is 30.1 Å². The van der Waals surface area contributed by atoms with Crippen LogP contribution >= 0.6 is 11.6 Å². The van der Waals surface area contributed by atoms with E-state index in [0.717, 1.165) is 18.2 Å². The van der Waals surface area contributed by atoms with Gasteiger partial charge in [-0.2, -0.15) is 0 Å². The zero-order valence-corrected chi connectivity index (χ0v) is 20.8. The van der Waals surface area contributed by atoms with Crippen molar-refractivity contribution in [1.82, 2.24) is 10.3 Å². The molecule has 0 aliphatic carbocycles. The molecule has 0 fully saturated rings. The molecule has 0 radical (unpaired) electrons. The summed E-state index contributed by atoms with van der Waals surface area (Å²) in [5.74, 6) is -2.45. The third-order valence-corrected chi connectivity index (χ3v) is 4.74. The highest BCUT2D eigenvalue weighted by atomic mass is 35.5. The van der Waals surface area contributed by atoms with E-state index < -0.39 is 23.4 Å². The summed E-state index contributed by atoms with van der Waals surface area (Å²) in [6.45, 7) is 14.1. The van der Waals surface area contributed by atoms with Crippen LogP contribution in [0.15, 0.2) is 67.9 Å². The molecule has 35 heavy (non-hydrogen) atoms. The Balaban J connectivity index is 0.00000179. The molecule has 4 nitrogen and oxygen atoms in total. The minimum Gasteiger partial charge on any atom is -0.350 e. The monoisotopic (exact) mass is 506 g/mol. The van der Waals surface area contributed by atoms with Crippen LogP contribution in [-0.2, 0) is 4.79 Å². The molecule has 1 atom stereocenters. The van der Waals surface area contributed by atoms with Crippen LogP contribution in [0.4, 0.5) is 13.2 Å². The summed E-state index contributed by atoms with van der Waals surface area (Å²) < 4.78 is 41.9. The number of rotatable bonds is 6. The summed E-state index contributed by atoms with van der Waals surface area (Å²) in [6.07, 6.45) is 1.46. The molecule has 1 heterocycles. The highest BCUT2D eigenvalue weighted by Gasteiger charge is 2.24. The zero-order valence-electron chi connectivity index (χ0n) is 20.1. The second-order valence-electron chi connectivity index (χ2n) is 6.52. The largest absolute Gasteiger partial charge is 0.350 e. The van der Waals surface area contributed by atoms with Gasteiger partial charge in [0.1, 0.15) is 29.9 Å². The summed E-state index contributed by atoms with van der Waals surface area (Å²) >= 11 is 5.58. The Labute approximate surface area is 209 Å². The Morgan fingerprint density at radius 2 is 1.54 bits per heavy atom. The molecule has 3 rings (SSSR count). The number of halogens is 4. The van der Waals surface area contributed by atoms with E-state index in [4.69, 9.17) is 16.4 Å². The number of hydrogen-bond donors (Lipinski definition) is 1. The van der Waals surface area contributed by atoms with Crippen LogP contribution in [0.1, 0.15) is 52.5 Å². The normalized spacial score (nSPS) is 10.3. The highest BCUT2D eigenvalue weighted by Crippen LogP contribution is 2.35. The quantitative estimate of drug-likeness (QED) is 0.302. The molecule has 3 aromatic rings. The molecule has 0 saturated carbocycles. The predicted molar refractivity (Wildman–Crippen MR) is 135 cm³/mol. The Morgan fingerprint density at radius 1 is 0.971 bits per heavy atom. The smallest absolute Gasteiger partial charge is 0.269 e. The van der Waals surface area contributed by atoms with Gasteiger partial charge in [-0.3, -0.25) is 9.78 Å². The van der Waals surface area contributed by atoms with Crippen LogP contribution in [0.5, 0.6) is 0 Å². The zero-order chi connectivity index (χ0) is 27.0. The number of carbonyl (C=O) groups excluding carboxylic acids is 2. The van der Waals surface area contributed by atoms with Crippen molar-refractivity contribution >= 4 is 24.3 Å². The van der Waals surface area contributed by atoms with Crippen LogP contribution in [0.3, 0.4) is 0 Å². The van der Waals surface area contributed by atoms with Crippen molar-refractivity contribution in [3.05, 3.63) is 113 Å². The van der Waals surface area contributed by atoms with Crippen LogP contribution in [0, 0.1) is 24.4 Å². The number of nitrogens with zero attached hydrogens (tertiary/aromatic N) is 1. The van der Waals surface area contributed by atoms with Crippen molar-refractivity contribution in [3.8, 4) is 0 Å². The van der Waals surface area contributed by atoms with E-state index in [-0.39, 0.29) is 23.0 Å². The number of nitrogens with one attached hydrogen (secondary N) is 1. The van der Waals surface area contributed by atoms with Crippen molar-refractivity contribution in [1.29, 1.82) is 0 Å². The molecule has 8 heteroatoms. The van der Waals surface area contributed by atoms with Crippen molar-refractivity contribution in [2.45, 2.75) is 26.7 Å². The molecule has 1 N–H and O–H groups in total. The van der Waals surface area contributed by atoms with Crippen LogP contribution in [0.25, 0.3) is 0 Å². The van der Waals surface area contributed by atoms with Gasteiger partial charge >= 0.3 is 0 Å². The lowest BCUT2D eigenvalue weighted by atomic mass is 9.83. The summed E-state index contributed by atoms with van der Waals surface area (Å²) in [4.78, 5) is 24.3. The fraction of sp³-hybridized carbons (Fsp3) is 0.222. The maximum absolute atomic E-state index is 14.6. The molecular weight excluding hydrogens is 477 g/mol. The van der Waals surface area contributed by atoms with Gasteiger partial charge < -0.3 is 10.1 Å². The lowest BCUT2D eigenvalue weighted by Gasteiger charge is -2.21. The first-order valence-electron chi connectivity index (χ1n) is 10.7. The number of aryl methyl sites for hydroxylation is 1. The average molecular weight is 507 g/mol. The first-order valence-corrected chi connectivity index (χ1v) is 11.2. The topological polar surface area (TPSA) is 59.1 Å². The lowest BCUT2D eigenvalue weighted by Crippen LogP contribution is -2.26. The van der Waals surface area contributed by atoms with E-state index in [1.807, 2.05) is 20.6 Å². The summed E-state index contributed by atoms with van der Waals surface area (Å²) in [7, 11) is 0. The second kappa shape index (κ2) is 17.1. The molecule has 188 valence electrons. The van der Waals surface area contributed by atoms with E-state index in [2.05, 4.69) is 23.5 Å². The molecule has 1 unspecified atom stereocenters. The fourth-order valence-electron chi connectivity index (χ4n) is 3.16. The Morgan fingerprint density at radius 3 is 2.09 bits per heavy atom. The number of alkyl halides is 1. The van der Waals surface area contributed by atoms with E-state index in [1.54, 1.807) is 13.0 Å². The maximum atomic E-state index is 14.6.